The van der Waals surface area contributed by atoms with Crippen molar-refractivity contribution in [2.24, 2.45) is 0 Å². The van der Waals surface area contributed by atoms with Gasteiger partial charge < -0.3 is 9.94 Å². The zero-order valence-electron chi connectivity index (χ0n) is 10.2. The summed E-state index contributed by atoms with van der Waals surface area (Å²) in [6, 6.07) is 3.99. The third kappa shape index (κ3) is 1.75. The molecule has 0 saturated heterocycles. The van der Waals surface area contributed by atoms with Crippen molar-refractivity contribution >= 4 is 26.7 Å². The number of ether oxygens (including phenoxy) is 1. The third-order valence-electron chi connectivity index (χ3n) is 3.61. The lowest BCUT2D eigenvalue weighted by atomic mass is 9.92. The van der Waals surface area contributed by atoms with Crippen LogP contribution in [-0.4, -0.2) is 7.11 Å². The van der Waals surface area contributed by atoms with E-state index in [4.69, 9.17) is 4.74 Å². The number of rotatable bonds is 1. The van der Waals surface area contributed by atoms with Crippen LogP contribution in [0.2, 0.25) is 0 Å². The van der Waals surface area contributed by atoms with E-state index in [1.165, 1.54) is 5.56 Å². The van der Waals surface area contributed by atoms with Crippen molar-refractivity contribution in [3.05, 3.63) is 39.3 Å². The van der Waals surface area contributed by atoms with E-state index in [0.29, 0.717) is 0 Å². The Morgan fingerprint density at radius 1 is 1.28 bits per heavy atom. The van der Waals surface area contributed by atoms with Crippen LogP contribution in [0.25, 0.3) is 10.8 Å². The number of hydrogen-bond acceptors (Lipinski definition) is 2. The Labute approximate surface area is 114 Å². The normalized spacial score (nSPS) is 14.6. The quantitative estimate of drug-likeness (QED) is 0.599. The molecule has 0 radical (unpaired) electrons. The maximum Gasteiger partial charge on any atom is 0.196 e. The smallest absolute Gasteiger partial charge is 0.196 e. The lowest BCUT2D eigenvalue weighted by Gasteiger charge is -2.17. The first-order valence-corrected chi connectivity index (χ1v) is 6.91. The molecule has 1 aliphatic rings. The molecule has 0 amide bonds. The number of benzene rings is 1. The van der Waals surface area contributed by atoms with Gasteiger partial charge in [-0.15, -0.1) is 0 Å². The Hall–Kier alpha value is -1.29. The molecule has 0 aliphatic heterocycles. The van der Waals surface area contributed by atoms with Gasteiger partial charge >= 0.3 is 0 Å². The zero-order valence-corrected chi connectivity index (χ0v) is 11.8. The summed E-state index contributed by atoms with van der Waals surface area (Å²) < 4.78 is 7.26. The molecule has 1 aliphatic carbocycles. The van der Waals surface area contributed by atoms with E-state index in [9.17, 15) is 5.21 Å². The van der Waals surface area contributed by atoms with Crippen molar-refractivity contribution in [2.75, 3.05) is 7.11 Å². The van der Waals surface area contributed by atoms with Crippen LogP contribution in [0.5, 0.6) is 5.75 Å². The molecule has 18 heavy (non-hydrogen) atoms. The average Bonchev–Trinajstić information content (AvgIpc) is 2.38. The minimum absolute atomic E-state index is 0.818. The number of nitrogens with zero attached hydrogens (tertiary/aromatic N) is 1. The van der Waals surface area contributed by atoms with Crippen LogP contribution in [0, 0.1) is 5.21 Å². The number of aromatic nitrogens is 1. The molecular weight excluding hydrogens is 294 g/mol. The highest BCUT2D eigenvalue weighted by atomic mass is 79.9. The Morgan fingerprint density at radius 2 is 2.06 bits per heavy atom. The van der Waals surface area contributed by atoms with Crippen molar-refractivity contribution in [1.29, 1.82) is 0 Å². The molecule has 0 bridgehead atoms. The van der Waals surface area contributed by atoms with Crippen LogP contribution in [0.3, 0.4) is 0 Å². The number of aryl methyl sites for hydroxylation is 1. The van der Waals surface area contributed by atoms with Gasteiger partial charge in [0.15, 0.2) is 11.9 Å². The maximum absolute atomic E-state index is 12.0. The lowest BCUT2D eigenvalue weighted by Crippen LogP contribution is -2.34. The topological polar surface area (TPSA) is 36.2 Å². The molecule has 1 heterocycles. The van der Waals surface area contributed by atoms with Crippen LogP contribution in [0.1, 0.15) is 24.1 Å². The fourth-order valence-electron chi connectivity index (χ4n) is 2.72. The van der Waals surface area contributed by atoms with Crippen LogP contribution in [-0.2, 0) is 12.8 Å². The molecule has 1 aromatic heterocycles. The van der Waals surface area contributed by atoms with E-state index in [0.717, 1.165) is 57.1 Å². The summed E-state index contributed by atoms with van der Waals surface area (Å²) in [5, 5.41) is 14.1. The first-order chi connectivity index (χ1) is 8.70. The third-order valence-corrected chi connectivity index (χ3v) is 4.23. The van der Waals surface area contributed by atoms with Gasteiger partial charge in [0.2, 0.25) is 0 Å². The van der Waals surface area contributed by atoms with Crippen molar-refractivity contribution in [3.8, 4) is 5.75 Å². The minimum atomic E-state index is 0.818. The summed E-state index contributed by atoms with van der Waals surface area (Å²) in [6.07, 6.45) is 5.80. The van der Waals surface area contributed by atoms with Gasteiger partial charge in [-0.05, 0) is 47.3 Å². The minimum Gasteiger partial charge on any atom is -0.618 e. The molecule has 3 nitrogen and oxygen atoms in total. The van der Waals surface area contributed by atoms with Crippen LogP contribution in [0.15, 0.2) is 22.8 Å². The molecule has 3 rings (SSSR count). The number of hydrogen-bond donors (Lipinski definition) is 0. The summed E-state index contributed by atoms with van der Waals surface area (Å²) in [7, 11) is 1.66. The highest BCUT2D eigenvalue weighted by Crippen LogP contribution is 2.34. The van der Waals surface area contributed by atoms with Gasteiger partial charge in [-0.25, -0.2) is 0 Å². The van der Waals surface area contributed by atoms with Gasteiger partial charge in [-0.2, -0.15) is 4.73 Å². The Bertz CT molecular complexity index is 620. The molecule has 1 aromatic carbocycles. The zero-order chi connectivity index (χ0) is 12.7. The Balaban J connectivity index is 2.35. The number of methoxy groups -OCH3 is 1. The van der Waals surface area contributed by atoms with E-state index in [2.05, 4.69) is 15.9 Å². The predicted octanol–water partition coefficient (Wildman–Crippen LogP) is 3.12. The van der Waals surface area contributed by atoms with E-state index >= 15 is 0 Å². The lowest BCUT2D eigenvalue weighted by molar-refractivity contribution is -0.613. The van der Waals surface area contributed by atoms with Gasteiger partial charge in [-0.1, -0.05) is 0 Å². The van der Waals surface area contributed by atoms with E-state index in [1.807, 2.05) is 12.1 Å². The number of fused-ring (bicyclic) bond motifs is 3. The van der Waals surface area contributed by atoms with E-state index in [1.54, 1.807) is 13.3 Å². The van der Waals surface area contributed by atoms with Gasteiger partial charge in [0.25, 0.3) is 0 Å². The van der Waals surface area contributed by atoms with Crippen LogP contribution in [0.4, 0.5) is 0 Å². The monoisotopic (exact) mass is 307 g/mol. The SMILES string of the molecule is COc1cc2c3c([n+]([O-])cc2cc1Br)CCCC3. The molecule has 0 N–H and O–H groups in total. The molecule has 0 spiro atoms. The van der Waals surface area contributed by atoms with Gasteiger partial charge in [0, 0.05) is 22.8 Å². The first-order valence-electron chi connectivity index (χ1n) is 6.12. The van der Waals surface area contributed by atoms with Crippen LogP contribution < -0.4 is 9.47 Å². The molecular formula is C14H14BrNO2. The fraction of sp³-hybridized carbons (Fsp3) is 0.357. The molecule has 0 unspecified atom stereocenters. The fourth-order valence-corrected chi connectivity index (χ4v) is 3.24. The number of pyridine rings is 1. The predicted molar refractivity (Wildman–Crippen MR) is 73.8 cm³/mol. The second-order valence-electron chi connectivity index (χ2n) is 4.66. The second-order valence-corrected chi connectivity index (χ2v) is 5.52. The molecule has 4 heteroatoms. The average molecular weight is 308 g/mol. The highest BCUT2D eigenvalue weighted by Gasteiger charge is 2.21. The Morgan fingerprint density at radius 3 is 2.83 bits per heavy atom. The second kappa shape index (κ2) is 4.43. The molecule has 0 atom stereocenters. The van der Waals surface area contributed by atoms with Crippen molar-refractivity contribution < 1.29 is 9.47 Å². The first kappa shape index (κ1) is 11.8. The maximum atomic E-state index is 12.0. The summed E-state index contributed by atoms with van der Waals surface area (Å²) in [6.45, 7) is 0. The molecule has 0 saturated carbocycles. The largest absolute Gasteiger partial charge is 0.618 e. The van der Waals surface area contributed by atoms with E-state index in [-0.39, 0.29) is 0 Å². The summed E-state index contributed by atoms with van der Waals surface area (Å²) in [4.78, 5) is 0. The summed E-state index contributed by atoms with van der Waals surface area (Å²) in [5.74, 6) is 0.818. The van der Waals surface area contributed by atoms with Crippen molar-refractivity contribution in [2.45, 2.75) is 25.7 Å². The highest BCUT2D eigenvalue weighted by molar-refractivity contribution is 9.10. The van der Waals surface area contributed by atoms with Gasteiger partial charge in [0.05, 0.1) is 11.6 Å². The molecule has 94 valence electrons. The molecule has 0 fully saturated rings. The van der Waals surface area contributed by atoms with Crippen molar-refractivity contribution in [3.63, 3.8) is 0 Å². The van der Waals surface area contributed by atoms with Crippen LogP contribution >= 0.6 is 15.9 Å². The molecule has 2 aromatic rings. The van der Waals surface area contributed by atoms with Crippen molar-refractivity contribution in [1.82, 2.24) is 0 Å². The number of halogens is 1. The standard InChI is InChI=1S/C14H14BrNO2/c1-18-14-7-11-9(6-12(14)15)8-16(17)13-5-3-2-4-10(11)13/h6-8H,2-5H2,1H3. The Kier molecular flexibility index (Phi) is 2.90. The van der Waals surface area contributed by atoms with E-state index < -0.39 is 0 Å². The van der Waals surface area contributed by atoms with Gasteiger partial charge in [-0.3, -0.25) is 0 Å². The summed E-state index contributed by atoms with van der Waals surface area (Å²) in [5.41, 5.74) is 2.12. The van der Waals surface area contributed by atoms with Gasteiger partial charge in [0.1, 0.15) is 5.75 Å². The summed E-state index contributed by atoms with van der Waals surface area (Å²) >= 11 is 3.46.